The highest BCUT2D eigenvalue weighted by molar-refractivity contribution is 6.76. The summed E-state index contributed by atoms with van der Waals surface area (Å²) in [6.07, 6.45) is 1.44. The Morgan fingerprint density at radius 3 is 2.23 bits per heavy atom. The quantitative estimate of drug-likeness (QED) is 0.154. The van der Waals surface area contributed by atoms with Crippen LogP contribution in [0, 0.1) is 17.7 Å². The Morgan fingerprint density at radius 1 is 1.08 bits per heavy atom. The van der Waals surface area contributed by atoms with Crippen molar-refractivity contribution in [1.82, 2.24) is 4.90 Å². The summed E-state index contributed by atoms with van der Waals surface area (Å²) < 4.78 is 28.0. The average molecular weight is 717 g/mol. The summed E-state index contributed by atoms with van der Waals surface area (Å²) in [6.45, 7) is 11.2. The molecule has 2 heterocycles. The van der Waals surface area contributed by atoms with Gasteiger partial charge in [0.2, 0.25) is 0 Å². The van der Waals surface area contributed by atoms with Crippen molar-refractivity contribution in [1.29, 1.82) is 0 Å². The molecule has 3 aromatic rings. The first-order valence-electron chi connectivity index (χ1n) is 16.5. The molecule has 1 saturated heterocycles. The van der Waals surface area contributed by atoms with Gasteiger partial charge < -0.3 is 19.7 Å². The minimum Gasteiger partial charge on any atom is -0.466 e. The van der Waals surface area contributed by atoms with Gasteiger partial charge in [0.25, 0.3) is 5.91 Å². The second-order valence-corrected chi connectivity index (χ2v) is 20.7. The Kier molecular flexibility index (Phi) is 10.8. The van der Waals surface area contributed by atoms with E-state index in [0.29, 0.717) is 41.7 Å². The lowest BCUT2D eigenvalue weighted by molar-refractivity contribution is -0.153. The number of rotatable bonds is 11. The van der Waals surface area contributed by atoms with E-state index < -0.39 is 49.1 Å². The van der Waals surface area contributed by atoms with Gasteiger partial charge >= 0.3 is 5.97 Å². The van der Waals surface area contributed by atoms with E-state index in [-0.39, 0.29) is 41.2 Å². The van der Waals surface area contributed by atoms with Crippen LogP contribution in [-0.4, -0.2) is 54.9 Å². The van der Waals surface area contributed by atoms with Crippen molar-refractivity contribution in [2.45, 2.75) is 76.2 Å². The zero-order valence-electron chi connectivity index (χ0n) is 28.1. The van der Waals surface area contributed by atoms with Gasteiger partial charge in [-0.1, -0.05) is 74.0 Å². The molecule has 2 aliphatic heterocycles. The summed E-state index contributed by atoms with van der Waals surface area (Å²) in [7, 11) is -1.53. The van der Waals surface area contributed by atoms with Gasteiger partial charge in [-0.2, -0.15) is 0 Å². The van der Waals surface area contributed by atoms with Crippen LogP contribution in [0.2, 0.25) is 35.7 Å². The fourth-order valence-electron chi connectivity index (χ4n) is 7.01. The number of hydrogen-bond acceptors (Lipinski definition) is 6. The molecule has 0 aliphatic carbocycles. The molecule has 0 radical (unpaired) electrons. The highest BCUT2D eigenvalue weighted by atomic mass is 35.5. The van der Waals surface area contributed by atoms with E-state index in [2.05, 4.69) is 19.6 Å². The summed E-state index contributed by atoms with van der Waals surface area (Å²) in [5.74, 6) is -3.31. The van der Waals surface area contributed by atoms with Gasteiger partial charge in [0.15, 0.2) is 5.72 Å². The number of esters is 1. The molecular weight excluding hydrogens is 672 g/mol. The second kappa shape index (κ2) is 14.2. The molecule has 7 nitrogen and oxygen atoms in total. The fourth-order valence-corrected chi connectivity index (χ4v) is 7.98. The van der Waals surface area contributed by atoms with Crippen molar-refractivity contribution >= 4 is 43.2 Å². The Labute approximate surface area is 293 Å². The molecule has 48 heavy (non-hydrogen) atoms. The predicted octanol–water partition coefficient (Wildman–Crippen LogP) is 8.06. The minimum atomic E-state index is -2.36. The van der Waals surface area contributed by atoms with Crippen LogP contribution in [0.1, 0.15) is 71.8 Å². The van der Waals surface area contributed by atoms with Crippen molar-refractivity contribution < 1.29 is 33.7 Å². The molecule has 4 atom stereocenters. The Morgan fingerprint density at radius 2 is 1.67 bits per heavy atom. The highest BCUT2D eigenvalue weighted by Gasteiger charge is 2.57. The lowest BCUT2D eigenvalue weighted by Gasteiger charge is -2.42. The van der Waals surface area contributed by atoms with E-state index in [1.807, 2.05) is 6.92 Å². The SMILES string of the molecule is CCC(O)(c1cc(F)c2c(c1)C(=O)N(C(c1ccc(Cl)cc1)[C@H](C)C(=O)OCC[Si](C)(C)C)C2(O)c1ccc(Cl)cc1)C1CCOCC1. The van der Waals surface area contributed by atoms with Crippen LogP contribution < -0.4 is 0 Å². The third-order valence-corrected chi connectivity index (χ3v) is 12.1. The first-order chi connectivity index (χ1) is 22.6. The fraction of sp³-hybridized carbons (Fsp3) is 0.459. The number of hydrogen-bond donors (Lipinski definition) is 2. The molecule has 258 valence electrons. The zero-order chi connectivity index (χ0) is 35.0. The molecule has 1 fully saturated rings. The number of amides is 1. The van der Waals surface area contributed by atoms with Crippen LogP contribution in [0.15, 0.2) is 60.7 Å². The van der Waals surface area contributed by atoms with E-state index in [1.54, 1.807) is 43.3 Å². The standard InChI is InChI=1S/C37H44Cl2FNO6Si/c1-6-36(44,25-15-17-46-18-16-25)27-21-30-32(31(40)22-27)37(45,26-9-13-29(39)14-10-26)41(34(30)42)33(24-7-11-28(38)12-8-24)23(2)35(43)47-19-20-48(3,4)5/h7-14,21-23,25,33,44-45H,6,15-20H2,1-5H3/t23-,33?,36?,37?/m0/s1. The maximum Gasteiger partial charge on any atom is 0.311 e. The molecule has 0 spiro atoms. The van der Waals surface area contributed by atoms with E-state index in [9.17, 15) is 19.8 Å². The molecular formula is C37H44Cl2FNO6Si. The molecule has 0 bridgehead atoms. The van der Waals surface area contributed by atoms with Gasteiger partial charge in [-0.05, 0) is 85.7 Å². The van der Waals surface area contributed by atoms with Gasteiger partial charge in [0.1, 0.15) is 5.82 Å². The average Bonchev–Trinajstić information content (AvgIpc) is 3.28. The van der Waals surface area contributed by atoms with Crippen LogP contribution in [0.4, 0.5) is 4.39 Å². The number of benzene rings is 3. The van der Waals surface area contributed by atoms with Crippen molar-refractivity contribution in [3.05, 3.63) is 104 Å². The van der Waals surface area contributed by atoms with E-state index in [4.69, 9.17) is 32.7 Å². The summed E-state index contributed by atoms with van der Waals surface area (Å²) in [6, 6.07) is 15.2. The van der Waals surface area contributed by atoms with Gasteiger partial charge in [-0.3, -0.25) is 14.5 Å². The van der Waals surface area contributed by atoms with Gasteiger partial charge in [0.05, 0.1) is 35.3 Å². The maximum absolute atomic E-state index is 16.7. The van der Waals surface area contributed by atoms with Crippen LogP contribution in [0.25, 0.3) is 0 Å². The minimum absolute atomic E-state index is 0.0975. The number of carbonyl (C=O) groups excluding carboxylic acids is 2. The summed E-state index contributed by atoms with van der Waals surface area (Å²) in [4.78, 5) is 29.7. The normalized spacial score (nSPS) is 21.0. The monoisotopic (exact) mass is 715 g/mol. The lowest BCUT2D eigenvalue weighted by Crippen LogP contribution is -2.50. The molecule has 2 aliphatic rings. The van der Waals surface area contributed by atoms with Gasteiger partial charge in [-0.25, -0.2) is 4.39 Å². The van der Waals surface area contributed by atoms with E-state index >= 15 is 4.39 Å². The molecule has 11 heteroatoms. The smallest absolute Gasteiger partial charge is 0.311 e. The third-order valence-electron chi connectivity index (χ3n) is 9.85. The summed E-state index contributed by atoms with van der Waals surface area (Å²) >= 11 is 12.5. The Balaban J connectivity index is 1.69. The molecule has 5 rings (SSSR count). The van der Waals surface area contributed by atoms with Gasteiger partial charge in [-0.15, -0.1) is 0 Å². The highest BCUT2D eigenvalue weighted by Crippen LogP contribution is 2.51. The van der Waals surface area contributed by atoms with Crippen LogP contribution in [-0.2, 0) is 25.6 Å². The molecule has 3 unspecified atom stereocenters. The first-order valence-corrected chi connectivity index (χ1v) is 21.0. The summed E-state index contributed by atoms with van der Waals surface area (Å²) in [5, 5.41) is 25.7. The second-order valence-electron chi connectivity index (χ2n) is 14.2. The zero-order valence-corrected chi connectivity index (χ0v) is 30.6. The maximum atomic E-state index is 16.7. The third kappa shape index (κ3) is 6.95. The number of fused-ring (bicyclic) bond motifs is 1. The number of ether oxygens (including phenoxy) is 2. The van der Waals surface area contributed by atoms with Crippen molar-refractivity contribution in [2.75, 3.05) is 19.8 Å². The molecule has 2 N–H and O–H groups in total. The Bertz CT molecular complexity index is 1640. The molecule has 3 aromatic carbocycles. The molecule has 0 saturated carbocycles. The summed E-state index contributed by atoms with van der Waals surface area (Å²) in [5.41, 5.74) is -3.23. The lowest BCUT2D eigenvalue weighted by atomic mass is 9.74. The topological polar surface area (TPSA) is 96.3 Å². The van der Waals surface area contributed by atoms with Crippen LogP contribution in [0.5, 0.6) is 0 Å². The largest absolute Gasteiger partial charge is 0.466 e. The first kappa shape index (κ1) is 36.5. The van der Waals surface area contributed by atoms with E-state index in [0.717, 1.165) is 6.04 Å². The number of nitrogens with zero attached hydrogens (tertiary/aromatic N) is 1. The Hall–Kier alpha value is -2.79. The van der Waals surface area contributed by atoms with E-state index in [1.165, 1.54) is 29.2 Å². The van der Waals surface area contributed by atoms with Crippen molar-refractivity contribution in [3.8, 4) is 0 Å². The van der Waals surface area contributed by atoms with Crippen LogP contribution in [0.3, 0.4) is 0 Å². The molecule has 1 amide bonds. The number of halogens is 3. The van der Waals surface area contributed by atoms with Crippen LogP contribution >= 0.6 is 23.2 Å². The molecule has 0 aromatic heterocycles. The number of aliphatic hydroxyl groups is 2. The van der Waals surface area contributed by atoms with Gasteiger partial charge in [0, 0.05) is 36.9 Å². The predicted molar refractivity (Wildman–Crippen MR) is 187 cm³/mol. The van der Waals surface area contributed by atoms with Crippen molar-refractivity contribution in [3.63, 3.8) is 0 Å². The number of carbonyl (C=O) groups is 2. The van der Waals surface area contributed by atoms with Crippen molar-refractivity contribution in [2.24, 2.45) is 11.8 Å².